The summed E-state index contributed by atoms with van der Waals surface area (Å²) < 4.78 is 27.3. The maximum absolute atomic E-state index is 14.7. The molecule has 0 bridgehead atoms. The lowest BCUT2D eigenvalue weighted by Gasteiger charge is -2.16. The summed E-state index contributed by atoms with van der Waals surface area (Å²) in [5.74, 6) is 0.0221. The minimum absolute atomic E-state index is 0.0493. The average Bonchev–Trinajstić information content (AvgIpc) is 3.41. The number of carbonyl (C=O) groups excluding carboxylic acids is 1. The number of anilines is 3. The highest BCUT2D eigenvalue weighted by atomic mass is 35.5. The van der Waals surface area contributed by atoms with Gasteiger partial charge < -0.3 is 20.1 Å². The maximum atomic E-state index is 14.7. The van der Waals surface area contributed by atoms with Gasteiger partial charge in [-0.2, -0.15) is 0 Å². The Morgan fingerprint density at radius 1 is 1.13 bits per heavy atom. The van der Waals surface area contributed by atoms with E-state index in [4.69, 9.17) is 32.7 Å². The predicted molar refractivity (Wildman–Crippen MR) is 145 cm³/mol. The molecule has 5 rings (SSSR count). The van der Waals surface area contributed by atoms with Gasteiger partial charge in [-0.15, -0.1) is 10.2 Å². The smallest absolute Gasteiger partial charge is 0.247 e. The Kier molecular flexibility index (Phi) is 6.75. The lowest BCUT2D eigenvalue weighted by Crippen LogP contribution is -2.10. The van der Waals surface area contributed by atoms with Gasteiger partial charge in [0.1, 0.15) is 29.5 Å². The summed E-state index contributed by atoms with van der Waals surface area (Å²) >= 11 is 13.3. The number of benzene rings is 2. The van der Waals surface area contributed by atoms with Crippen LogP contribution in [0.15, 0.2) is 61.6 Å². The summed E-state index contributed by atoms with van der Waals surface area (Å²) in [5.41, 5.74) is 2.44. The Morgan fingerprint density at radius 3 is 2.55 bits per heavy atom. The van der Waals surface area contributed by atoms with E-state index in [1.54, 1.807) is 28.8 Å². The molecule has 0 spiro atoms. The van der Waals surface area contributed by atoms with Crippen molar-refractivity contribution in [2.75, 3.05) is 24.9 Å². The summed E-state index contributed by atoms with van der Waals surface area (Å²) in [6.07, 6.45) is 4.23. The van der Waals surface area contributed by atoms with Crippen LogP contribution in [0.1, 0.15) is 0 Å². The van der Waals surface area contributed by atoms with Crippen LogP contribution in [-0.2, 0) is 4.79 Å². The first-order valence-corrected chi connectivity index (χ1v) is 11.8. The monoisotopic (exact) mass is 552 g/mol. The fourth-order valence-electron chi connectivity index (χ4n) is 4.03. The molecule has 2 N–H and O–H groups in total. The predicted octanol–water partition coefficient (Wildman–Crippen LogP) is 6.28. The van der Waals surface area contributed by atoms with Crippen LogP contribution >= 0.6 is 23.2 Å². The van der Waals surface area contributed by atoms with Gasteiger partial charge in [0.05, 0.1) is 41.2 Å². The van der Waals surface area contributed by atoms with Gasteiger partial charge >= 0.3 is 0 Å². The molecule has 0 unspecified atom stereocenters. The van der Waals surface area contributed by atoms with E-state index >= 15 is 0 Å². The summed E-state index contributed by atoms with van der Waals surface area (Å²) in [7, 11) is 2.99. The number of nitrogens with zero attached hydrogens (tertiary/aromatic N) is 4. The molecule has 0 aliphatic rings. The van der Waals surface area contributed by atoms with Crippen LogP contribution in [0, 0.1) is 5.82 Å². The van der Waals surface area contributed by atoms with E-state index in [2.05, 4.69) is 32.4 Å². The topological polar surface area (TPSA) is 103 Å². The summed E-state index contributed by atoms with van der Waals surface area (Å²) in [6.45, 7) is 3.43. The van der Waals surface area contributed by atoms with Crippen molar-refractivity contribution in [3.05, 3.63) is 77.4 Å². The number of ether oxygens (including phenoxy) is 2. The third kappa shape index (κ3) is 4.33. The molecule has 12 heteroatoms. The zero-order valence-corrected chi connectivity index (χ0v) is 21.6. The van der Waals surface area contributed by atoms with Crippen LogP contribution in [0.25, 0.3) is 27.7 Å². The number of rotatable bonds is 7. The standard InChI is InChI=1S/C26H19Cl2FN6O3/c1-4-21(36)32-16-7-5-6-15(29)25(16)33-20-9-17-13(11-30-20)8-14(26-34-31-12-35(17)26)22-23(27)18(37-2)10-19(38-3)24(22)28/h4-12H,1H2,2-3H3,(H,30,33)(H,32,36). The Hall–Kier alpha value is -4.41. The third-order valence-electron chi connectivity index (χ3n) is 5.81. The molecule has 0 atom stereocenters. The Labute approximate surface area is 225 Å². The number of pyridine rings is 2. The molecular formula is C26H19Cl2FN6O3. The normalized spacial score (nSPS) is 11.0. The van der Waals surface area contributed by atoms with Crippen LogP contribution in [0.5, 0.6) is 11.5 Å². The molecule has 0 fully saturated rings. The van der Waals surface area contributed by atoms with Gasteiger partial charge in [0, 0.05) is 34.8 Å². The van der Waals surface area contributed by atoms with E-state index < -0.39 is 11.7 Å². The first kappa shape index (κ1) is 25.2. The van der Waals surface area contributed by atoms with Gasteiger partial charge in [-0.1, -0.05) is 35.8 Å². The largest absolute Gasteiger partial charge is 0.495 e. The highest BCUT2D eigenvalue weighted by Crippen LogP contribution is 2.47. The molecule has 3 heterocycles. The van der Waals surface area contributed by atoms with Crippen molar-refractivity contribution in [3.63, 3.8) is 0 Å². The van der Waals surface area contributed by atoms with Gasteiger partial charge in [0.2, 0.25) is 5.91 Å². The Balaban J connectivity index is 1.66. The van der Waals surface area contributed by atoms with Crippen molar-refractivity contribution in [1.29, 1.82) is 0 Å². The summed E-state index contributed by atoms with van der Waals surface area (Å²) in [5, 5.41) is 15.1. The van der Waals surface area contributed by atoms with Gasteiger partial charge in [0.15, 0.2) is 5.65 Å². The number of aromatic nitrogens is 4. The molecule has 0 radical (unpaired) electrons. The van der Waals surface area contributed by atoms with Crippen LogP contribution in [0.4, 0.5) is 21.6 Å². The Bertz CT molecular complexity index is 1710. The molecule has 9 nitrogen and oxygen atoms in total. The summed E-state index contributed by atoms with van der Waals surface area (Å²) in [4.78, 5) is 16.3. The molecule has 192 valence electrons. The number of amides is 1. The van der Waals surface area contributed by atoms with E-state index in [0.29, 0.717) is 45.0 Å². The molecular weight excluding hydrogens is 534 g/mol. The second kappa shape index (κ2) is 10.2. The fourth-order valence-corrected chi connectivity index (χ4v) is 4.74. The van der Waals surface area contributed by atoms with E-state index in [0.717, 1.165) is 6.08 Å². The number of para-hydroxylation sites is 1. The van der Waals surface area contributed by atoms with Crippen LogP contribution < -0.4 is 20.1 Å². The number of halogens is 3. The molecule has 5 aromatic rings. The average molecular weight is 553 g/mol. The quantitative estimate of drug-likeness (QED) is 0.229. The molecule has 0 saturated heterocycles. The number of nitrogens with one attached hydrogen (secondary N) is 2. The minimum Gasteiger partial charge on any atom is -0.495 e. The fraction of sp³-hybridized carbons (Fsp3) is 0.0769. The highest BCUT2D eigenvalue weighted by molar-refractivity contribution is 6.41. The minimum atomic E-state index is -0.574. The number of fused-ring (bicyclic) bond motifs is 3. The molecule has 1 amide bonds. The van der Waals surface area contributed by atoms with Gasteiger partial charge in [0.25, 0.3) is 0 Å². The number of carbonyl (C=O) groups is 1. The van der Waals surface area contributed by atoms with Crippen molar-refractivity contribution in [2.24, 2.45) is 0 Å². The van der Waals surface area contributed by atoms with Crippen LogP contribution in [0.3, 0.4) is 0 Å². The van der Waals surface area contributed by atoms with E-state index in [-0.39, 0.29) is 21.4 Å². The van der Waals surface area contributed by atoms with Crippen molar-refractivity contribution in [1.82, 2.24) is 19.6 Å². The first-order chi connectivity index (χ1) is 18.4. The zero-order chi connectivity index (χ0) is 27.0. The SMILES string of the molecule is C=CC(=O)Nc1cccc(F)c1Nc1cc2c(cn1)cc(-c1c(Cl)c(OC)cc(OC)c1Cl)c1nncn12. The highest BCUT2D eigenvalue weighted by Gasteiger charge is 2.23. The van der Waals surface area contributed by atoms with Crippen molar-refractivity contribution in [2.45, 2.75) is 0 Å². The molecule has 0 aliphatic heterocycles. The molecule has 38 heavy (non-hydrogen) atoms. The second-order valence-electron chi connectivity index (χ2n) is 7.98. The van der Waals surface area contributed by atoms with Gasteiger partial charge in [-0.05, 0) is 24.3 Å². The Morgan fingerprint density at radius 2 is 1.87 bits per heavy atom. The lowest BCUT2D eigenvalue weighted by molar-refractivity contribution is -0.111. The zero-order valence-electron chi connectivity index (χ0n) is 20.1. The van der Waals surface area contributed by atoms with Gasteiger partial charge in [-0.3, -0.25) is 9.20 Å². The molecule has 3 aromatic heterocycles. The third-order valence-corrected chi connectivity index (χ3v) is 6.56. The van der Waals surface area contributed by atoms with Crippen molar-refractivity contribution in [3.8, 4) is 22.6 Å². The van der Waals surface area contributed by atoms with E-state index in [9.17, 15) is 9.18 Å². The number of hydrogen-bond acceptors (Lipinski definition) is 7. The lowest BCUT2D eigenvalue weighted by atomic mass is 10.0. The number of hydrogen-bond donors (Lipinski definition) is 2. The first-order valence-electron chi connectivity index (χ1n) is 11.1. The molecule has 2 aromatic carbocycles. The summed E-state index contributed by atoms with van der Waals surface area (Å²) in [6, 6.07) is 9.45. The van der Waals surface area contributed by atoms with Crippen molar-refractivity contribution < 1.29 is 18.7 Å². The van der Waals surface area contributed by atoms with Crippen LogP contribution in [-0.4, -0.2) is 39.7 Å². The second-order valence-corrected chi connectivity index (χ2v) is 8.73. The van der Waals surface area contributed by atoms with E-state index in [1.807, 2.05) is 6.07 Å². The van der Waals surface area contributed by atoms with Gasteiger partial charge in [-0.25, -0.2) is 9.37 Å². The van der Waals surface area contributed by atoms with E-state index in [1.165, 1.54) is 32.7 Å². The number of methoxy groups -OCH3 is 2. The maximum Gasteiger partial charge on any atom is 0.247 e. The van der Waals surface area contributed by atoms with Crippen molar-refractivity contribution >= 4 is 62.9 Å². The molecule has 0 aliphatic carbocycles. The molecule has 0 saturated carbocycles. The van der Waals surface area contributed by atoms with Crippen LogP contribution in [0.2, 0.25) is 10.0 Å².